The zero-order chi connectivity index (χ0) is 21.8. The number of imidazole rings is 1. The summed E-state index contributed by atoms with van der Waals surface area (Å²) in [6.45, 7) is 0.258. The first kappa shape index (κ1) is 21.1. The Morgan fingerprint density at radius 2 is 1.68 bits per heavy atom. The predicted molar refractivity (Wildman–Crippen MR) is 121 cm³/mol. The number of benzene rings is 3. The second kappa shape index (κ2) is 8.93. The van der Waals surface area contributed by atoms with Crippen molar-refractivity contribution in [3.05, 3.63) is 90.0 Å². The third kappa shape index (κ3) is 5.13. The zero-order valence-corrected chi connectivity index (χ0v) is 18.0. The minimum Gasteiger partial charge on any atom is -0.351 e. The Hall–Kier alpha value is -3.14. The number of carbonyl (C=O) groups excluding carboxylic acids is 1. The summed E-state index contributed by atoms with van der Waals surface area (Å²) in [4.78, 5) is 20.9. The Morgan fingerprint density at radius 3 is 2.35 bits per heavy atom. The second-order valence-electron chi connectivity index (χ2n) is 6.87. The number of amides is 1. The number of nitrogens with two attached hydrogens (primary N) is 1. The topological polar surface area (TPSA) is 118 Å². The van der Waals surface area contributed by atoms with Gasteiger partial charge in [0.2, 0.25) is 15.9 Å². The molecule has 0 bridgehead atoms. The number of hydrogen-bond acceptors (Lipinski definition) is 5. The minimum absolute atomic E-state index is 0.0326. The standard InChI is InChI=1S/C22H20N4O3S2/c23-31(28,29)17-12-10-15(11-13-17)14-24-21(27)20(16-6-2-1-3-7-16)30-22-25-18-8-4-5-9-19(18)26-22/h1-13,20H,14H2,(H,24,27)(H,25,26)(H2,23,28,29)/t20-/m0/s1. The number of thioether (sulfide) groups is 1. The van der Waals surface area contributed by atoms with Crippen LogP contribution in [0, 0.1) is 0 Å². The van der Waals surface area contributed by atoms with Crippen LogP contribution in [0.3, 0.4) is 0 Å². The van der Waals surface area contributed by atoms with Crippen LogP contribution in [0.25, 0.3) is 11.0 Å². The van der Waals surface area contributed by atoms with Gasteiger partial charge in [-0.15, -0.1) is 0 Å². The van der Waals surface area contributed by atoms with E-state index >= 15 is 0 Å². The van der Waals surface area contributed by atoms with Gasteiger partial charge in [-0.25, -0.2) is 18.5 Å². The van der Waals surface area contributed by atoms with E-state index in [0.717, 1.165) is 22.2 Å². The molecule has 0 unspecified atom stereocenters. The zero-order valence-electron chi connectivity index (χ0n) is 16.4. The largest absolute Gasteiger partial charge is 0.351 e. The number of para-hydroxylation sites is 2. The number of aromatic nitrogens is 2. The number of fused-ring (bicyclic) bond motifs is 1. The summed E-state index contributed by atoms with van der Waals surface area (Å²) in [6, 6.07) is 23.3. The van der Waals surface area contributed by atoms with Crippen LogP contribution in [-0.4, -0.2) is 24.3 Å². The fourth-order valence-electron chi connectivity index (χ4n) is 3.08. The Bertz CT molecular complexity index is 1270. The van der Waals surface area contributed by atoms with Crippen molar-refractivity contribution in [3.63, 3.8) is 0 Å². The number of H-pyrrole nitrogens is 1. The summed E-state index contributed by atoms with van der Waals surface area (Å²) in [5, 5.41) is 8.20. The molecule has 9 heteroatoms. The maximum absolute atomic E-state index is 13.1. The molecule has 0 fully saturated rings. The van der Waals surface area contributed by atoms with E-state index in [9.17, 15) is 13.2 Å². The average Bonchev–Trinajstić information content (AvgIpc) is 3.19. The fraction of sp³-hybridized carbons (Fsp3) is 0.0909. The lowest BCUT2D eigenvalue weighted by Gasteiger charge is -2.16. The van der Waals surface area contributed by atoms with Crippen LogP contribution >= 0.6 is 11.8 Å². The van der Waals surface area contributed by atoms with Gasteiger partial charge in [-0.3, -0.25) is 4.79 Å². The van der Waals surface area contributed by atoms with Gasteiger partial charge < -0.3 is 10.3 Å². The van der Waals surface area contributed by atoms with Gasteiger partial charge in [-0.1, -0.05) is 66.4 Å². The first-order valence-electron chi connectivity index (χ1n) is 9.46. The van der Waals surface area contributed by atoms with Gasteiger partial charge in [0.05, 0.1) is 15.9 Å². The highest BCUT2D eigenvalue weighted by Gasteiger charge is 2.23. The quantitative estimate of drug-likeness (QED) is 0.372. The Kier molecular flexibility index (Phi) is 6.08. The summed E-state index contributed by atoms with van der Waals surface area (Å²) in [7, 11) is -3.75. The number of rotatable bonds is 7. The third-order valence-corrected chi connectivity index (χ3v) is 6.72. The molecule has 1 amide bonds. The van der Waals surface area contributed by atoms with E-state index in [1.54, 1.807) is 12.1 Å². The van der Waals surface area contributed by atoms with Crippen molar-refractivity contribution in [2.24, 2.45) is 5.14 Å². The lowest BCUT2D eigenvalue weighted by Crippen LogP contribution is -2.27. The van der Waals surface area contributed by atoms with Gasteiger partial charge >= 0.3 is 0 Å². The van der Waals surface area contributed by atoms with Gasteiger partial charge in [0.15, 0.2) is 5.16 Å². The molecule has 158 valence electrons. The van der Waals surface area contributed by atoms with Gasteiger partial charge in [-0.05, 0) is 35.4 Å². The number of primary sulfonamides is 1. The summed E-state index contributed by atoms with van der Waals surface area (Å²) < 4.78 is 22.8. The molecule has 7 nitrogen and oxygen atoms in total. The molecule has 0 saturated heterocycles. The van der Waals surface area contributed by atoms with E-state index in [4.69, 9.17) is 5.14 Å². The molecular weight excluding hydrogens is 432 g/mol. The molecule has 1 atom stereocenters. The van der Waals surface area contributed by atoms with Crippen LogP contribution in [0.5, 0.6) is 0 Å². The second-order valence-corrected chi connectivity index (χ2v) is 9.53. The number of hydrogen-bond donors (Lipinski definition) is 3. The lowest BCUT2D eigenvalue weighted by atomic mass is 10.1. The Balaban J connectivity index is 1.51. The van der Waals surface area contributed by atoms with Crippen molar-refractivity contribution in [2.75, 3.05) is 0 Å². The number of carbonyl (C=O) groups is 1. The van der Waals surface area contributed by atoms with E-state index in [-0.39, 0.29) is 17.3 Å². The average molecular weight is 453 g/mol. The van der Waals surface area contributed by atoms with Crippen LogP contribution in [0.15, 0.2) is 88.9 Å². The number of nitrogens with one attached hydrogen (secondary N) is 2. The smallest absolute Gasteiger partial charge is 0.238 e. The molecule has 1 aromatic heterocycles. The van der Waals surface area contributed by atoms with Crippen molar-refractivity contribution in [1.82, 2.24) is 15.3 Å². The van der Waals surface area contributed by atoms with Crippen LogP contribution in [0.1, 0.15) is 16.4 Å². The molecule has 31 heavy (non-hydrogen) atoms. The van der Waals surface area contributed by atoms with Crippen molar-refractivity contribution >= 4 is 38.7 Å². The molecule has 0 spiro atoms. The lowest BCUT2D eigenvalue weighted by molar-refractivity contribution is -0.120. The number of nitrogens with zero attached hydrogens (tertiary/aromatic N) is 1. The molecule has 0 aliphatic carbocycles. The van der Waals surface area contributed by atoms with E-state index in [1.807, 2.05) is 54.6 Å². The number of aromatic amines is 1. The third-order valence-electron chi connectivity index (χ3n) is 4.66. The molecule has 0 aliphatic heterocycles. The van der Waals surface area contributed by atoms with Gasteiger partial charge in [0.25, 0.3) is 0 Å². The van der Waals surface area contributed by atoms with E-state index in [1.165, 1.54) is 23.9 Å². The predicted octanol–water partition coefficient (Wildman–Crippen LogP) is 3.36. The maximum atomic E-state index is 13.1. The molecule has 4 N–H and O–H groups in total. The first-order valence-corrected chi connectivity index (χ1v) is 11.9. The first-order chi connectivity index (χ1) is 14.9. The van der Waals surface area contributed by atoms with Crippen LogP contribution in [-0.2, 0) is 21.4 Å². The normalized spacial score (nSPS) is 12.5. The van der Waals surface area contributed by atoms with Crippen molar-refractivity contribution in [2.45, 2.75) is 21.8 Å². The Labute approximate surface area is 184 Å². The van der Waals surface area contributed by atoms with Crippen molar-refractivity contribution in [1.29, 1.82) is 0 Å². The molecule has 4 aromatic rings. The van der Waals surface area contributed by atoms with Crippen molar-refractivity contribution < 1.29 is 13.2 Å². The number of sulfonamides is 1. The maximum Gasteiger partial charge on any atom is 0.238 e. The highest BCUT2D eigenvalue weighted by atomic mass is 32.2. The SMILES string of the molecule is NS(=O)(=O)c1ccc(CNC(=O)[C@@H](Sc2nc3ccccc3[nH]2)c2ccccc2)cc1. The highest BCUT2D eigenvalue weighted by molar-refractivity contribution is 8.00. The summed E-state index contributed by atoms with van der Waals surface area (Å²) in [5.74, 6) is -0.174. The summed E-state index contributed by atoms with van der Waals surface area (Å²) >= 11 is 1.34. The van der Waals surface area contributed by atoms with Crippen LogP contribution < -0.4 is 10.5 Å². The van der Waals surface area contributed by atoms with Gasteiger partial charge in [0.1, 0.15) is 5.25 Å². The van der Waals surface area contributed by atoms with E-state index < -0.39 is 15.3 Å². The molecular formula is C22H20N4O3S2. The minimum atomic E-state index is -3.75. The van der Waals surface area contributed by atoms with E-state index in [0.29, 0.717) is 5.16 Å². The van der Waals surface area contributed by atoms with Gasteiger partial charge in [-0.2, -0.15) is 0 Å². The van der Waals surface area contributed by atoms with E-state index in [2.05, 4.69) is 15.3 Å². The Morgan fingerprint density at radius 1 is 1.00 bits per heavy atom. The summed E-state index contributed by atoms with van der Waals surface area (Å²) in [5.41, 5.74) is 3.37. The molecule has 3 aromatic carbocycles. The monoisotopic (exact) mass is 452 g/mol. The molecule has 1 heterocycles. The molecule has 4 rings (SSSR count). The molecule has 0 radical (unpaired) electrons. The highest BCUT2D eigenvalue weighted by Crippen LogP contribution is 2.34. The van der Waals surface area contributed by atoms with Crippen LogP contribution in [0.2, 0.25) is 0 Å². The van der Waals surface area contributed by atoms with Gasteiger partial charge in [0, 0.05) is 6.54 Å². The van der Waals surface area contributed by atoms with Crippen molar-refractivity contribution in [3.8, 4) is 0 Å². The molecule has 0 aliphatic rings. The fourth-order valence-corrected chi connectivity index (χ4v) is 4.62. The molecule has 0 saturated carbocycles. The summed E-state index contributed by atoms with van der Waals surface area (Å²) in [6.07, 6.45) is 0. The van der Waals surface area contributed by atoms with Crippen LogP contribution in [0.4, 0.5) is 0 Å².